The molecule has 1 aromatic carbocycles. The third kappa shape index (κ3) is 8.17. The number of nitrogens with zero attached hydrogens (tertiary/aromatic N) is 3. The lowest BCUT2D eigenvalue weighted by molar-refractivity contribution is -0.252. The summed E-state index contributed by atoms with van der Waals surface area (Å²) in [6.45, 7) is 29.7. The molecule has 9 aliphatic rings. The van der Waals surface area contributed by atoms with E-state index in [1.807, 2.05) is 44.2 Å². The largest absolute Gasteiger partial charge is 0.462 e. The van der Waals surface area contributed by atoms with Crippen molar-refractivity contribution in [1.29, 1.82) is 0 Å². The third-order valence-electron chi connectivity index (χ3n) is 22.8. The molecule has 372 valence electrons. The van der Waals surface area contributed by atoms with E-state index >= 15 is 4.79 Å². The zero-order chi connectivity index (χ0) is 47.2. The van der Waals surface area contributed by atoms with Gasteiger partial charge >= 0.3 is 11.9 Å². The fourth-order valence-electron chi connectivity index (χ4n) is 18.2. The molecule has 12 atom stereocenters. The highest BCUT2D eigenvalue weighted by molar-refractivity contribution is 5.84. The van der Waals surface area contributed by atoms with Crippen molar-refractivity contribution in [2.24, 2.45) is 79.3 Å². The van der Waals surface area contributed by atoms with Crippen molar-refractivity contribution in [2.75, 3.05) is 65.6 Å². The summed E-state index contributed by atoms with van der Waals surface area (Å²) in [6, 6.07) is 9.81. The monoisotopic (exact) mass is 924 g/mol. The highest BCUT2D eigenvalue weighted by Crippen LogP contribution is 2.78. The minimum absolute atomic E-state index is 0.125. The molecule has 67 heavy (non-hydrogen) atoms. The summed E-state index contributed by atoms with van der Waals surface area (Å²) in [5.74, 6) is 2.43. The zero-order valence-corrected chi connectivity index (χ0v) is 43.2. The highest BCUT2D eigenvalue weighted by Gasteiger charge is 2.73. The number of hydrogen-bond acceptors (Lipinski definition) is 8. The minimum Gasteiger partial charge on any atom is -0.462 e. The SMILES string of the molecule is CC1(C[C@@H]2CC[C@]3(C(=O)N4CCN(CCCN5CCOCC5)CC4)CC[C@]4(C)[C@H](CC[C@@H]5[C@@]6(C)CC[C@H](OC(=O)[C@H]7C[C@@H](C(=O)OCc8ccccc8)C7(C)C)C(C)(C)[C@@H]6CC[C@]54C)[C@@H]23)CC1. The number of esters is 2. The van der Waals surface area contributed by atoms with Gasteiger partial charge in [0.25, 0.3) is 0 Å². The van der Waals surface area contributed by atoms with Crippen molar-refractivity contribution in [1.82, 2.24) is 14.7 Å². The van der Waals surface area contributed by atoms with E-state index in [2.05, 4.69) is 56.2 Å². The number of ether oxygens (including phenoxy) is 3. The van der Waals surface area contributed by atoms with Crippen molar-refractivity contribution >= 4 is 17.8 Å². The molecule has 7 aliphatic carbocycles. The number of benzene rings is 1. The molecule has 2 heterocycles. The Morgan fingerprint density at radius 1 is 0.657 bits per heavy atom. The molecule has 7 saturated carbocycles. The molecule has 0 bridgehead atoms. The Bertz CT molecular complexity index is 1990. The lowest BCUT2D eigenvalue weighted by atomic mass is 9.32. The number of amides is 1. The molecule has 10 rings (SSSR count). The first-order chi connectivity index (χ1) is 31.8. The van der Waals surface area contributed by atoms with Gasteiger partial charge in [-0.3, -0.25) is 24.2 Å². The molecule has 0 aromatic heterocycles. The predicted molar refractivity (Wildman–Crippen MR) is 263 cm³/mol. The van der Waals surface area contributed by atoms with E-state index < -0.39 is 5.41 Å². The van der Waals surface area contributed by atoms with Gasteiger partial charge in [0.1, 0.15) is 12.7 Å². The lowest BCUT2D eigenvalue weighted by Gasteiger charge is -2.73. The Morgan fingerprint density at radius 2 is 1.34 bits per heavy atom. The van der Waals surface area contributed by atoms with Gasteiger partial charge < -0.3 is 19.1 Å². The third-order valence-corrected chi connectivity index (χ3v) is 22.8. The summed E-state index contributed by atoms with van der Waals surface area (Å²) in [4.78, 5) is 50.3. The smallest absolute Gasteiger partial charge is 0.309 e. The number of rotatable bonds is 12. The molecule has 9 fully saturated rings. The van der Waals surface area contributed by atoms with Gasteiger partial charge in [0.05, 0.1) is 30.5 Å². The summed E-state index contributed by atoms with van der Waals surface area (Å²) in [7, 11) is 0. The van der Waals surface area contributed by atoms with Crippen molar-refractivity contribution in [3.63, 3.8) is 0 Å². The van der Waals surface area contributed by atoms with Crippen molar-refractivity contribution < 1.29 is 28.6 Å². The summed E-state index contributed by atoms with van der Waals surface area (Å²) < 4.78 is 18.0. The van der Waals surface area contributed by atoms with E-state index in [9.17, 15) is 9.59 Å². The average molecular weight is 924 g/mol. The molecule has 0 spiro atoms. The molecule has 9 heteroatoms. The Labute approximate surface area is 404 Å². The molecule has 1 aromatic rings. The number of carbonyl (C=O) groups is 3. The minimum atomic E-state index is -0.506. The summed E-state index contributed by atoms with van der Waals surface area (Å²) in [5.41, 5.74) is 1.18. The lowest BCUT2D eigenvalue weighted by Crippen LogP contribution is -2.68. The molecule has 0 N–H and O–H groups in total. The van der Waals surface area contributed by atoms with E-state index in [1.54, 1.807) is 0 Å². The van der Waals surface area contributed by atoms with Crippen molar-refractivity contribution in [2.45, 2.75) is 164 Å². The van der Waals surface area contributed by atoms with Crippen LogP contribution >= 0.6 is 0 Å². The van der Waals surface area contributed by atoms with Crippen LogP contribution in [0.4, 0.5) is 0 Å². The Balaban J connectivity index is 0.807. The van der Waals surface area contributed by atoms with Crippen LogP contribution in [-0.4, -0.2) is 104 Å². The maximum atomic E-state index is 15.4. The van der Waals surface area contributed by atoms with Gasteiger partial charge in [-0.1, -0.05) is 85.7 Å². The van der Waals surface area contributed by atoms with Crippen LogP contribution in [-0.2, 0) is 35.2 Å². The van der Waals surface area contributed by atoms with Gasteiger partial charge in [-0.25, -0.2) is 0 Å². The normalized spacial score (nSPS) is 41.9. The van der Waals surface area contributed by atoms with Gasteiger partial charge in [-0.2, -0.15) is 0 Å². The van der Waals surface area contributed by atoms with Crippen molar-refractivity contribution in [3.05, 3.63) is 35.9 Å². The molecular weight excluding hydrogens is 835 g/mol. The number of fused-ring (bicyclic) bond motifs is 7. The molecule has 2 aliphatic heterocycles. The van der Waals surface area contributed by atoms with Crippen LogP contribution in [0.25, 0.3) is 0 Å². The Hall–Kier alpha value is -2.49. The van der Waals surface area contributed by atoms with E-state index in [4.69, 9.17) is 14.2 Å². The van der Waals surface area contributed by atoms with Crippen LogP contribution in [0.2, 0.25) is 0 Å². The summed E-state index contributed by atoms with van der Waals surface area (Å²) in [5, 5.41) is 0. The van der Waals surface area contributed by atoms with E-state index in [-0.39, 0.29) is 63.6 Å². The second kappa shape index (κ2) is 17.7. The van der Waals surface area contributed by atoms with E-state index in [0.29, 0.717) is 47.3 Å². The second-order valence-electron chi connectivity index (χ2n) is 26.6. The van der Waals surface area contributed by atoms with Crippen LogP contribution in [0.3, 0.4) is 0 Å². The van der Waals surface area contributed by atoms with Gasteiger partial charge in [-0.15, -0.1) is 0 Å². The quantitative estimate of drug-likeness (QED) is 0.192. The maximum absolute atomic E-state index is 15.4. The molecule has 2 saturated heterocycles. The van der Waals surface area contributed by atoms with Crippen molar-refractivity contribution in [3.8, 4) is 0 Å². The van der Waals surface area contributed by atoms with Crippen LogP contribution in [0.5, 0.6) is 0 Å². The Morgan fingerprint density at radius 3 is 2.03 bits per heavy atom. The summed E-state index contributed by atoms with van der Waals surface area (Å²) in [6.07, 6.45) is 17.1. The zero-order valence-electron chi connectivity index (χ0n) is 43.2. The maximum Gasteiger partial charge on any atom is 0.309 e. The first-order valence-corrected chi connectivity index (χ1v) is 27.6. The number of hydrogen-bond donors (Lipinski definition) is 0. The van der Waals surface area contributed by atoms with Gasteiger partial charge in [0.15, 0.2) is 0 Å². The highest BCUT2D eigenvalue weighted by atomic mass is 16.5. The number of carbonyl (C=O) groups excluding carboxylic acids is 3. The van der Waals surface area contributed by atoms with E-state index in [1.165, 1.54) is 64.2 Å². The first-order valence-electron chi connectivity index (χ1n) is 27.6. The average Bonchev–Trinajstić information content (AvgIpc) is 3.92. The van der Waals surface area contributed by atoms with Gasteiger partial charge in [0.2, 0.25) is 5.91 Å². The molecular formula is C58H89N3O6. The molecule has 9 nitrogen and oxygen atoms in total. The van der Waals surface area contributed by atoms with Crippen LogP contribution in [0.1, 0.15) is 157 Å². The number of morpholine rings is 1. The topological polar surface area (TPSA) is 88.6 Å². The standard InChI is InChI=1S/C58H89N3O6/c1-52(2)43(49(62)66-39-40-13-10-9-11-14-40)37-44(52)50(63)67-47-19-20-55(6)45(53(47,3)4)18-21-57(8)46(55)16-15-42-48-41(38-54(5)23-24-54)17-22-58(48,26-25-56(42,57)7)51(64)61-31-29-59(30-32-61)27-12-28-60-33-35-65-36-34-60/h9-11,13-14,41-48H,12,15-39H2,1-8H3/t41-,42+,43-,44+,45-,46+,47-,48+,55-,56+,57+,58-/m0/s1. The number of piperazine rings is 1. The first kappa shape index (κ1) is 48.2. The second-order valence-corrected chi connectivity index (χ2v) is 26.6. The predicted octanol–water partition coefficient (Wildman–Crippen LogP) is 10.4. The van der Waals surface area contributed by atoms with Crippen LogP contribution in [0.15, 0.2) is 30.3 Å². The van der Waals surface area contributed by atoms with Gasteiger partial charge in [-0.05, 0) is 172 Å². The molecule has 0 unspecified atom stereocenters. The molecule has 0 radical (unpaired) electrons. The fraction of sp³-hybridized carbons (Fsp3) is 0.845. The van der Waals surface area contributed by atoms with Gasteiger partial charge in [0, 0.05) is 44.7 Å². The van der Waals surface area contributed by atoms with Crippen LogP contribution in [0, 0.1) is 79.3 Å². The van der Waals surface area contributed by atoms with E-state index in [0.717, 1.165) is 96.8 Å². The fourth-order valence-corrected chi connectivity index (χ4v) is 18.2. The van der Waals surface area contributed by atoms with Crippen LogP contribution < -0.4 is 0 Å². The Kier molecular flexibility index (Phi) is 12.7. The molecule has 1 amide bonds. The summed E-state index contributed by atoms with van der Waals surface area (Å²) >= 11 is 0.